The van der Waals surface area contributed by atoms with Gasteiger partial charge in [-0.05, 0) is 131 Å². The quantitative estimate of drug-likeness (QED) is 0.133. The molecule has 1 heteroatoms. The van der Waals surface area contributed by atoms with Gasteiger partial charge in [-0.1, -0.05) is 230 Å². The maximum absolute atomic E-state index is 9.88. The van der Waals surface area contributed by atoms with Crippen molar-refractivity contribution >= 4 is 27.8 Å². The van der Waals surface area contributed by atoms with E-state index in [0.717, 1.165) is 66.4 Å². The SMILES string of the molecule is [2H]c1c([2H])c(N(c2ccc(-c3ccc(-c4ccccc4)c(-c4ccccc4)c3)cc2)c2c([2H])c([2H])c(-c3c(-c4ccccc4)ccc4ccccc34)c([2H])c2[2H])c([2H])c([2H])c1-c1ccc(-c2ccccc2)cc1. The molecule has 0 amide bonds. The Labute approximate surface area is 393 Å². The summed E-state index contributed by atoms with van der Waals surface area (Å²) < 4.78 is 77.8. The van der Waals surface area contributed by atoms with Crippen molar-refractivity contribution in [2.45, 2.75) is 0 Å². The minimum atomic E-state index is -0.409. The number of hydrogen-bond acceptors (Lipinski definition) is 1. The van der Waals surface area contributed by atoms with Crippen LogP contribution in [-0.4, -0.2) is 0 Å². The molecular weight excluding hydrogens is 783 g/mol. The van der Waals surface area contributed by atoms with Crippen LogP contribution >= 0.6 is 0 Å². The first-order chi connectivity index (χ1) is 35.6. The van der Waals surface area contributed by atoms with Crippen molar-refractivity contribution in [2.24, 2.45) is 0 Å². The Kier molecular flexibility index (Phi) is 8.53. The topological polar surface area (TPSA) is 3.24 Å². The van der Waals surface area contributed by atoms with Crippen molar-refractivity contribution in [1.29, 1.82) is 0 Å². The van der Waals surface area contributed by atoms with Crippen LogP contribution in [0.25, 0.3) is 88.7 Å². The predicted molar refractivity (Wildman–Crippen MR) is 277 cm³/mol. The monoisotopic (exact) mass is 835 g/mol. The van der Waals surface area contributed by atoms with E-state index in [9.17, 15) is 11.0 Å². The zero-order chi connectivity index (χ0) is 50.3. The Morgan fingerprint density at radius 1 is 0.246 bits per heavy atom. The molecule has 0 spiro atoms. The van der Waals surface area contributed by atoms with Crippen LogP contribution in [-0.2, 0) is 0 Å². The normalized spacial score (nSPS) is 12.8. The van der Waals surface area contributed by atoms with E-state index < -0.39 is 24.2 Å². The molecule has 0 aliphatic carbocycles. The minimum Gasteiger partial charge on any atom is -0.311 e. The fraction of sp³-hybridized carbons (Fsp3) is 0. The molecule has 0 aliphatic rings. The fourth-order valence-corrected chi connectivity index (χ4v) is 8.59. The zero-order valence-corrected chi connectivity index (χ0v) is 35.3. The highest BCUT2D eigenvalue weighted by atomic mass is 15.1. The van der Waals surface area contributed by atoms with Crippen LogP contribution in [0, 0.1) is 0 Å². The number of nitrogens with zero attached hydrogens (tertiary/aromatic N) is 1. The number of fused-ring (bicyclic) bond motifs is 1. The molecule has 0 unspecified atom stereocenters. The third-order valence-corrected chi connectivity index (χ3v) is 11.9. The Morgan fingerprint density at radius 3 is 1.23 bits per heavy atom. The Morgan fingerprint density at radius 2 is 0.646 bits per heavy atom. The van der Waals surface area contributed by atoms with Crippen LogP contribution < -0.4 is 4.90 Å². The van der Waals surface area contributed by atoms with E-state index in [4.69, 9.17) is 0 Å². The highest BCUT2D eigenvalue weighted by molar-refractivity contribution is 6.04. The Balaban J connectivity index is 1.11. The minimum absolute atomic E-state index is 0.0983. The predicted octanol–water partition coefficient (Wildman–Crippen LogP) is 18.0. The fourth-order valence-electron chi connectivity index (χ4n) is 8.59. The smallest absolute Gasteiger partial charge is 0.0645 e. The van der Waals surface area contributed by atoms with Gasteiger partial charge in [0.1, 0.15) is 0 Å². The second kappa shape index (κ2) is 17.7. The van der Waals surface area contributed by atoms with Crippen LogP contribution in [0.3, 0.4) is 0 Å². The van der Waals surface area contributed by atoms with Gasteiger partial charge in [0.15, 0.2) is 0 Å². The molecule has 0 aromatic heterocycles. The number of rotatable bonds is 10. The molecule has 11 rings (SSSR count). The molecule has 0 heterocycles. The lowest BCUT2D eigenvalue weighted by Gasteiger charge is -2.26. The molecule has 0 bridgehead atoms. The maximum Gasteiger partial charge on any atom is 0.0645 e. The van der Waals surface area contributed by atoms with Crippen molar-refractivity contribution in [3.05, 3.63) is 273 Å². The first-order valence-corrected chi connectivity index (χ1v) is 21.7. The summed E-state index contributed by atoms with van der Waals surface area (Å²) in [5, 5.41) is 1.62. The number of hydrogen-bond donors (Lipinski definition) is 0. The standard InChI is InChI=1S/C64H45N/c1-5-15-46(16-6-1)47-25-27-48(28-26-47)49-29-37-57(38-30-49)65(59-41-33-55(34-42-59)64-61-24-14-13-23-54(61)35-44-62(64)52-19-9-3-10-20-52)58-39-31-50(32-40-58)56-36-43-60(51-17-7-2-8-18-51)63(45-56)53-21-11-4-12-22-53/h1-45H/i29D,30D,33D,34D,37D,38D,41D,42D. The highest BCUT2D eigenvalue weighted by Crippen LogP contribution is 2.42. The average molecular weight is 836 g/mol. The summed E-state index contributed by atoms with van der Waals surface area (Å²) in [6.45, 7) is 0. The van der Waals surface area contributed by atoms with Gasteiger partial charge in [0.25, 0.3) is 0 Å². The van der Waals surface area contributed by atoms with Crippen LogP contribution in [0.15, 0.2) is 273 Å². The molecule has 11 aromatic carbocycles. The summed E-state index contributed by atoms with van der Waals surface area (Å²) >= 11 is 0. The van der Waals surface area contributed by atoms with Gasteiger partial charge in [-0.2, -0.15) is 0 Å². The Bertz CT molecular complexity index is 3790. The van der Waals surface area contributed by atoms with E-state index >= 15 is 0 Å². The van der Waals surface area contributed by atoms with Crippen molar-refractivity contribution in [3.8, 4) is 77.9 Å². The molecule has 0 saturated heterocycles. The van der Waals surface area contributed by atoms with Gasteiger partial charge >= 0.3 is 0 Å². The van der Waals surface area contributed by atoms with Crippen LogP contribution in [0.2, 0.25) is 0 Å². The van der Waals surface area contributed by atoms with E-state index in [1.54, 1.807) is 24.3 Å². The van der Waals surface area contributed by atoms with E-state index in [1.165, 1.54) is 4.90 Å². The maximum atomic E-state index is 9.88. The van der Waals surface area contributed by atoms with Gasteiger partial charge in [-0.25, -0.2) is 0 Å². The van der Waals surface area contributed by atoms with E-state index in [-0.39, 0.29) is 46.7 Å². The van der Waals surface area contributed by atoms with Crippen molar-refractivity contribution < 1.29 is 11.0 Å². The summed E-state index contributed by atoms with van der Waals surface area (Å²) in [5.74, 6) is 0. The lowest BCUT2D eigenvalue weighted by Crippen LogP contribution is -2.09. The van der Waals surface area contributed by atoms with E-state index in [0.29, 0.717) is 16.8 Å². The largest absolute Gasteiger partial charge is 0.311 e. The van der Waals surface area contributed by atoms with Gasteiger partial charge in [0, 0.05) is 17.1 Å². The van der Waals surface area contributed by atoms with Crippen molar-refractivity contribution in [1.82, 2.24) is 0 Å². The molecule has 11 aromatic rings. The van der Waals surface area contributed by atoms with Crippen LogP contribution in [0.1, 0.15) is 11.0 Å². The third-order valence-electron chi connectivity index (χ3n) is 11.9. The summed E-state index contributed by atoms with van der Waals surface area (Å²) in [6, 6.07) is 69.6. The van der Waals surface area contributed by atoms with E-state index in [2.05, 4.69) is 42.5 Å². The first kappa shape index (κ1) is 31.3. The molecule has 65 heavy (non-hydrogen) atoms. The van der Waals surface area contributed by atoms with Gasteiger partial charge in [-0.3, -0.25) is 0 Å². The van der Waals surface area contributed by atoms with Crippen LogP contribution in [0.5, 0.6) is 0 Å². The van der Waals surface area contributed by atoms with Gasteiger partial charge in [-0.15, -0.1) is 0 Å². The average Bonchev–Trinajstić information content (AvgIpc) is 3.45. The first-order valence-electron chi connectivity index (χ1n) is 25.7. The van der Waals surface area contributed by atoms with Gasteiger partial charge in [0.2, 0.25) is 0 Å². The molecule has 0 saturated carbocycles. The van der Waals surface area contributed by atoms with Crippen molar-refractivity contribution in [3.63, 3.8) is 0 Å². The molecule has 0 atom stereocenters. The van der Waals surface area contributed by atoms with Gasteiger partial charge in [0.05, 0.1) is 11.0 Å². The summed E-state index contributed by atoms with van der Waals surface area (Å²) in [5.41, 5.74) is 10.6. The molecule has 0 N–H and O–H groups in total. The molecule has 0 aliphatic heterocycles. The summed E-state index contributed by atoms with van der Waals surface area (Å²) in [6.07, 6.45) is 0. The summed E-state index contributed by atoms with van der Waals surface area (Å²) in [7, 11) is 0. The molecule has 1 nitrogen and oxygen atoms in total. The Hall–Kier alpha value is -8.52. The number of anilines is 3. The summed E-state index contributed by atoms with van der Waals surface area (Å²) in [4.78, 5) is 1.37. The highest BCUT2D eigenvalue weighted by Gasteiger charge is 2.17. The molecule has 0 fully saturated rings. The number of benzene rings is 11. The molecule has 0 radical (unpaired) electrons. The zero-order valence-electron chi connectivity index (χ0n) is 43.3. The van der Waals surface area contributed by atoms with Gasteiger partial charge < -0.3 is 4.90 Å². The lowest BCUT2D eigenvalue weighted by molar-refractivity contribution is 1.28. The second-order valence-corrected chi connectivity index (χ2v) is 15.8. The lowest BCUT2D eigenvalue weighted by atomic mass is 9.89. The molecular formula is C64H45N. The van der Waals surface area contributed by atoms with E-state index in [1.807, 2.05) is 158 Å². The third kappa shape index (κ3) is 8.04. The van der Waals surface area contributed by atoms with Crippen molar-refractivity contribution in [2.75, 3.05) is 4.90 Å². The van der Waals surface area contributed by atoms with Crippen LogP contribution in [0.4, 0.5) is 17.1 Å². The molecule has 306 valence electrons. The second-order valence-electron chi connectivity index (χ2n) is 15.8.